The Hall–Kier alpha value is -3.28. The van der Waals surface area contributed by atoms with Crippen LogP contribution in [0, 0.1) is 0 Å². The monoisotopic (exact) mass is 336 g/mol. The van der Waals surface area contributed by atoms with Gasteiger partial charge in [0.25, 0.3) is 0 Å². The Kier molecular flexibility index (Phi) is 4.43. The molecule has 0 saturated carbocycles. The number of hydrogen-bond donors (Lipinski definition) is 3. The molecule has 1 aliphatic rings. The molecule has 2 aromatic rings. The van der Waals surface area contributed by atoms with E-state index < -0.39 is 5.91 Å². The third-order valence-electron chi connectivity index (χ3n) is 4.30. The Balaban J connectivity index is 2.14. The van der Waals surface area contributed by atoms with Gasteiger partial charge in [-0.15, -0.1) is 0 Å². The molecule has 0 spiro atoms. The highest BCUT2D eigenvalue weighted by Crippen LogP contribution is 2.33. The van der Waals surface area contributed by atoms with E-state index in [1.54, 1.807) is 4.90 Å². The van der Waals surface area contributed by atoms with Gasteiger partial charge in [-0.3, -0.25) is 9.59 Å². The van der Waals surface area contributed by atoms with E-state index in [2.05, 4.69) is 0 Å². The molecule has 0 aromatic heterocycles. The molecule has 25 heavy (non-hydrogen) atoms. The first-order valence-electron chi connectivity index (χ1n) is 8.00. The van der Waals surface area contributed by atoms with Crippen LogP contribution in [-0.4, -0.2) is 11.8 Å². The molecule has 0 fully saturated rings. The van der Waals surface area contributed by atoms with Crippen LogP contribution in [0.3, 0.4) is 0 Å². The minimum atomic E-state index is -0.502. The zero-order valence-electron chi connectivity index (χ0n) is 13.7. The molecule has 2 amide bonds. The maximum Gasteiger partial charge on any atom is 0.227 e. The van der Waals surface area contributed by atoms with E-state index in [1.165, 1.54) is 0 Å². The predicted octanol–water partition coefficient (Wildman–Crippen LogP) is 1.54. The summed E-state index contributed by atoms with van der Waals surface area (Å²) in [5.74, 6) is -0.688. The van der Waals surface area contributed by atoms with Crippen molar-refractivity contribution in [3.63, 3.8) is 0 Å². The van der Waals surface area contributed by atoms with Crippen LogP contribution in [-0.2, 0) is 16.1 Å². The highest BCUT2D eigenvalue weighted by Gasteiger charge is 2.25. The number of rotatable bonds is 3. The van der Waals surface area contributed by atoms with Gasteiger partial charge in [0, 0.05) is 24.0 Å². The van der Waals surface area contributed by atoms with Crippen molar-refractivity contribution < 1.29 is 9.59 Å². The van der Waals surface area contributed by atoms with Crippen molar-refractivity contribution in [3.8, 4) is 0 Å². The number of amides is 2. The fourth-order valence-electron chi connectivity index (χ4n) is 2.99. The second-order valence-corrected chi connectivity index (χ2v) is 5.95. The van der Waals surface area contributed by atoms with Crippen molar-refractivity contribution in [3.05, 3.63) is 65.2 Å². The van der Waals surface area contributed by atoms with E-state index in [-0.39, 0.29) is 18.7 Å². The maximum atomic E-state index is 12.8. The molecule has 0 unspecified atom stereocenters. The molecule has 6 heteroatoms. The fourth-order valence-corrected chi connectivity index (χ4v) is 2.99. The third kappa shape index (κ3) is 3.19. The molecule has 6 N–H and O–H groups in total. The summed E-state index contributed by atoms with van der Waals surface area (Å²) in [5.41, 5.74) is 21.8. The van der Waals surface area contributed by atoms with Crippen LogP contribution in [0.1, 0.15) is 29.5 Å². The number of benzene rings is 2. The second-order valence-electron chi connectivity index (χ2n) is 5.95. The molecule has 0 bridgehead atoms. The average Bonchev–Trinajstić information content (AvgIpc) is 2.62. The molecule has 1 aliphatic heterocycles. The molecule has 0 saturated heterocycles. The quantitative estimate of drug-likeness (QED) is 0.788. The van der Waals surface area contributed by atoms with Crippen molar-refractivity contribution in [2.24, 2.45) is 17.2 Å². The number of nitrogens with two attached hydrogens (primary N) is 3. The van der Waals surface area contributed by atoms with Crippen LogP contribution in [0.5, 0.6) is 0 Å². The van der Waals surface area contributed by atoms with Gasteiger partial charge in [0.2, 0.25) is 11.8 Å². The number of fused-ring (bicyclic) bond motifs is 2. The van der Waals surface area contributed by atoms with E-state index in [4.69, 9.17) is 17.2 Å². The van der Waals surface area contributed by atoms with Gasteiger partial charge in [-0.1, -0.05) is 42.5 Å². The molecule has 1 heterocycles. The van der Waals surface area contributed by atoms with Crippen molar-refractivity contribution in [1.29, 1.82) is 0 Å². The summed E-state index contributed by atoms with van der Waals surface area (Å²) in [6, 6.07) is 14.9. The van der Waals surface area contributed by atoms with Crippen molar-refractivity contribution in [2.45, 2.75) is 19.4 Å². The topological polar surface area (TPSA) is 115 Å². The first-order chi connectivity index (χ1) is 12.0. The van der Waals surface area contributed by atoms with Gasteiger partial charge >= 0.3 is 0 Å². The van der Waals surface area contributed by atoms with Gasteiger partial charge in [0.1, 0.15) is 0 Å². The number of hydrogen-bond acceptors (Lipinski definition) is 4. The number of anilines is 1. The standard InChI is InChI=1S/C19H20N4O2/c20-16(24)9-10-17(25)23-11-12-5-1-2-6-13(12)18(21)19(22)14-7-3-4-8-15(14)23/h1-8H,9-11,21-22H2,(H2,20,24)/b19-18-. The van der Waals surface area contributed by atoms with Crippen LogP contribution in [0.2, 0.25) is 0 Å². The van der Waals surface area contributed by atoms with Gasteiger partial charge in [0.05, 0.1) is 23.6 Å². The lowest BCUT2D eigenvalue weighted by molar-refractivity contribution is -0.123. The molecule has 6 nitrogen and oxygen atoms in total. The van der Waals surface area contributed by atoms with Crippen molar-refractivity contribution in [2.75, 3.05) is 4.90 Å². The van der Waals surface area contributed by atoms with Gasteiger partial charge in [-0.05, 0) is 11.6 Å². The largest absolute Gasteiger partial charge is 0.397 e. The Bertz CT molecular complexity index is 873. The van der Waals surface area contributed by atoms with Crippen LogP contribution in [0.15, 0.2) is 48.5 Å². The first kappa shape index (κ1) is 16.6. The number of primary amides is 1. The zero-order chi connectivity index (χ0) is 18.0. The highest BCUT2D eigenvalue weighted by atomic mass is 16.2. The maximum absolute atomic E-state index is 12.8. The lowest BCUT2D eigenvalue weighted by Gasteiger charge is -2.29. The number of nitrogens with zero attached hydrogens (tertiary/aromatic N) is 1. The summed E-state index contributed by atoms with van der Waals surface area (Å²) in [5, 5.41) is 0. The molecule has 0 radical (unpaired) electrons. The summed E-state index contributed by atoms with van der Waals surface area (Å²) in [7, 11) is 0. The normalized spacial score (nSPS) is 16.4. The Morgan fingerprint density at radius 3 is 2.20 bits per heavy atom. The van der Waals surface area contributed by atoms with E-state index in [9.17, 15) is 9.59 Å². The van der Waals surface area contributed by atoms with Crippen molar-refractivity contribution >= 4 is 28.9 Å². The summed E-state index contributed by atoms with van der Waals surface area (Å²) in [6.45, 7) is 0.346. The first-order valence-corrected chi connectivity index (χ1v) is 8.00. The summed E-state index contributed by atoms with van der Waals surface area (Å²) < 4.78 is 0. The van der Waals surface area contributed by atoms with Crippen molar-refractivity contribution in [1.82, 2.24) is 0 Å². The van der Waals surface area contributed by atoms with Crippen LogP contribution in [0.4, 0.5) is 5.69 Å². The summed E-state index contributed by atoms with van der Waals surface area (Å²) in [6.07, 6.45) is 0.0531. The van der Waals surface area contributed by atoms with E-state index in [0.29, 0.717) is 29.2 Å². The minimum Gasteiger partial charge on any atom is -0.397 e. The molecule has 0 aliphatic carbocycles. The number of carbonyl (C=O) groups excluding carboxylic acids is 2. The van der Waals surface area contributed by atoms with Gasteiger partial charge in [-0.25, -0.2) is 0 Å². The second kappa shape index (κ2) is 6.68. The van der Waals surface area contributed by atoms with E-state index >= 15 is 0 Å². The van der Waals surface area contributed by atoms with Gasteiger partial charge in [0.15, 0.2) is 0 Å². The van der Waals surface area contributed by atoms with Crippen LogP contribution in [0.25, 0.3) is 11.4 Å². The van der Waals surface area contributed by atoms with Gasteiger partial charge < -0.3 is 22.1 Å². The molecular formula is C19H20N4O2. The molecule has 128 valence electrons. The predicted molar refractivity (Wildman–Crippen MR) is 97.7 cm³/mol. The Morgan fingerprint density at radius 1 is 0.880 bits per heavy atom. The van der Waals surface area contributed by atoms with Crippen LogP contribution < -0.4 is 22.1 Å². The van der Waals surface area contributed by atoms with E-state index in [0.717, 1.165) is 11.1 Å². The van der Waals surface area contributed by atoms with Gasteiger partial charge in [-0.2, -0.15) is 0 Å². The molecule has 3 rings (SSSR count). The summed E-state index contributed by atoms with van der Waals surface area (Å²) >= 11 is 0. The smallest absolute Gasteiger partial charge is 0.227 e. The summed E-state index contributed by atoms with van der Waals surface area (Å²) in [4.78, 5) is 25.4. The molecule has 0 atom stereocenters. The minimum absolute atomic E-state index is 0.00655. The highest BCUT2D eigenvalue weighted by molar-refractivity contribution is 6.01. The SMILES string of the molecule is NC(=O)CCC(=O)N1Cc2ccccc2/C(N)=C(/N)c2ccccc21. The fraction of sp³-hybridized carbons (Fsp3) is 0.158. The Morgan fingerprint density at radius 2 is 1.48 bits per heavy atom. The number of carbonyl (C=O) groups is 2. The lowest BCUT2D eigenvalue weighted by Crippen LogP contribution is -2.33. The molecule has 2 aromatic carbocycles. The average molecular weight is 336 g/mol. The lowest BCUT2D eigenvalue weighted by atomic mass is 9.96. The molecular weight excluding hydrogens is 316 g/mol. The Labute approximate surface area is 145 Å². The zero-order valence-corrected chi connectivity index (χ0v) is 13.7. The van der Waals surface area contributed by atoms with Crippen LogP contribution >= 0.6 is 0 Å². The number of para-hydroxylation sites is 1. The third-order valence-corrected chi connectivity index (χ3v) is 4.30. The van der Waals surface area contributed by atoms with E-state index in [1.807, 2.05) is 48.5 Å².